The van der Waals surface area contributed by atoms with Gasteiger partial charge in [-0.1, -0.05) is 12.1 Å². The molecular weight excluding hydrogens is 220 g/mol. The number of rotatable bonds is 0. The van der Waals surface area contributed by atoms with Crippen molar-refractivity contribution >= 4 is 11.6 Å². The third-order valence-electron chi connectivity index (χ3n) is 2.82. The molecule has 1 aromatic heterocycles. The molecule has 0 saturated heterocycles. The number of fused-ring (bicyclic) bond motifs is 2. The summed E-state index contributed by atoms with van der Waals surface area (Å²) in [4.78, 5) is 24.2. The van der Waals surface area contributed by atoms with Gasteiger partial charge in [0.05, 0.1) is 11.1 Å². The summed E-state index contributed by atoms with van der Waals surface area (Å²) in [5, 5.41) is 9.66. The van der Waals surface area contributed by atoms with Crippen LogP contribution >= 0.6 is 0 Å². The van der Waals surface area contributed by atoms with Crippen LogP contribution in [0.4, 0.5) is 0 Å². The fourth-order valence-corrected chi connectivity index (χ4v) is 2.08. The topological polar surface area (TPSA) is 67.5 Å². The van der Waals surface area contributed by atoms with Gasteiger partial charge < -0.3 is 9.52 Å². The van der Waals surface area contributed by atoms with Crippen molar-refractivity contribution in [2.75, 3.05) is 0 Å². The van der Waals surface area contributed by atoms with E-state index < -0.39 is 5.78 Å². The molecule has 17 heavy (non-hydrogen) atoms. The number of benzene rings is 1. The Kier molecular flexibility index (Phi) is 1.78. The molecule has 1 heterocycles. The maximum absolute atomic E-state index is 12.1. The second-order valence-electron chi connectivity index (χ2n) is 3.96. The van der Waals surface area contributed by atoms with E-state index >= 15 is 0 Å². The third kappa shape index (κ3) is 1.18. The highest BCUT2D eigenvalue weighted by Crippen LogP contribution is 2.33. The lowest BCUT2D eigenvalue weighted by Gasteiger charge is -2.13. The minimum absolute atomic E-state index is 0.0153. The van der Waals surface area contributed by atoms with Gasteiger partial charge in [-0.3, -0.25) is 9.59 Å². The standard InChI is InChI=1S/C13H8O4/c1-6-5-8-11(15)7-3-2-4-9(14)10(7)12(16)13(8)17-6/h2-5,14H,1H3. The predicted octanol–water partition coefficient (Wildman–Crippen LogP) is 2.07. The molecule has 4 heteroatoms. The van der Waals surface area contributed by atoms with Crippen LogP contribution in [0.25, 0.3) is 0 Å². The van der Waals surface area contributed by atoms with Gasteiger partial charge in [0.2, 0.25) is 5.78 Å². The van der Waals surface area contributed by atoms with Crippen molar-refractivity contribution in [2.24, 2.45) is 0 Å². The van der Waals surface area contributed by atoms with Gasteiger partial charge in [-0.2, -0.15) is 0 Å². The Bertz CT molecular complexity index is 664. The molecular formula is C13H8O4. The summed E-state index contributed by atoms with van der Waals surface area (Å²) in [6.45, 7) is 1.67. The summed E-state index contributed by atoms with van der Waals surface area (Å²) in [6, 6.07) is 5.99. The molecule has 0 amide bonds. The number of phenolic OH excluding ortho intramolecular Hbond substituents is 1. The number of carbonyl (C=O) groups is 2. The van der Waals surface area contributed by atoms with Gasteiger partial charge in [-0.25, -0.2) is 0 Å². The average molecular weight is 228 g/mol. The maximum Gasteiger partial charge on any atom is 0.233 e. The van der Waals surface area contributed by atoms with Gasteiger partial charge in [-0.15, -0.1) is 0 Å². The molecule has 2 aromatic rings. The van der Waals surface area contributed by atoms with E-state index in [2.05, 4.69) is 0 Å². The molecule has 0 saturated carbocycles. The molecule has 4 nitrogen and oxygen atoms in total. The minimum atomic E-state index is -0.444. The van der Waals surface area contributed by atoms with Gasteiger partial charge in [0.15, 0.2) is 11.5 Å². The lowest BCUT2D eigenvalue weighted by Crippen LogP contribution is -2.19. The van der Waals surface area contributed by atoms with Crippen molar-refractivity contribution < 1.29 is 19.1 Å². The van der Waals surface area contributed by atoms with Crippen LogP contribution in [0.1, 0.15) is 37.8 Å². The van der Waals surface area contributed by atoms with Crippen molar-refractivity contribution in [1.82, 2.24) is 0 Å². The average Bonchev–Trinajstić information content (AvgIpc) is 2.68. The van der Waals surface area contributed by atoms with Crippen LogP contribution in [0.3, 0.4) is 0 Å². The van der Waals surface area contributed by atoms with Crippen LogP contribution in [0.2, 0.25) is 0 Å². The molecule has 0 unspecified atom stereocenters. The Hall–Kier alpha value is -2.36. The van der Waals surface area contributed by atoms with Gasteiger partial charge in [0.25, 0.3) is 0 Å². The number of aryl methyl sites for hydroxylation is 1. The number of phenols is 1. The zero-order chi connectivity index (χ0) is 12.2. The first-order valence-corrected chi connectivity index (χ1v) is 5.11. The van der Waals surface area contributed by atoms with E-state index in [0.29, 0.717) is 5.76 Å². The van der Waals surface area contributed by atoms with Gasteiger partial charge >= 0.3 is 0 Å². The fourth-order valence-electron chi connectivity index (χ4n) is 2.08. The summed E-state index contributed by atoms with van der Waals surface area (Å²) in [5.74, 6) is -0.408. The second kappa shape index (κ2) is 3.07. The third-order valence-corrected chi connectivity index (χ3v) is 2.82. The molecule has 0 bridgehead atoms. The van der Waals surface area contributed by atoms with E-state index in [4.69, 9.17) is 4.42 Å². The summed E-state index contributed by atoms with van der Waals surface area (Å²) in [6.07, 6.45) is 0. The number of hydrogen-bond acceptors (Lipinski definition) is 4. The van der Waals surface area contributed by atoms with E-state index in [1.165, 1.54) is 18.2 Å². The SMILES string of the molecule is Cc1cc2c(o1)C(=O)c1c(O)cccc1C2=O. The lowest BCUT2D eigenvalue weighted by atomic mass is 9.88. The summed E-state index contributed by atoms with van der Waals surface area (Å²) in [7, 11) is 0. The van der Waals surface area contributed by atoms with Crippen molar-refractivity contribution in [3.8, 4) is 5.75 Å². The molecule has 1 N–H and O–H groups in total. The molecule has 84 valence electrons. The molecule has 0 radical (unpaired) electrons. The van der Waals surface area contributed by atoms with Crippen molar-refractivity contribution in [2.45, 2.75) is 6.92 Å². The maximum atomic E-state index is 12.1. The molecule has 0 spiro atoms. The minimum Gasteiger partial charge on any atom is -0.507 e. The predicted molar refractivity (Wildman–Crippen MR) is 58.4 cm³/mol. The van der Waals surface area contributed by atoms with Crippen LogP contribution in [0, 0.1) is 6.92 Å². The first-order chi connectivity index (χ1) is 8.09. The zero-order valence-corrected chi connectivity index (χ0v) is 8.98. The molecule has 1 aliphatic rings. The monoisotopic (exact) mass is 228 g/mol. The Morgan fingerprint density at radius 2 is 1.88 bits per heavy atom. The van der Waals surface area contributed by atoms with Crippen molar-refractivity contribution in [3.63, 3.8) is 0 Å². The molecule has 3 rings (SSSR count). The van der Waals surface area contributed by atoms with Crippen LogP contribution in [0.5, 0.6) is 5.75 Å². The summed E-state index contributed by atoms with van der Waals surface area (Å²) < 4.78 is 5.22. The van der Waals surface area contributed by atoms with Gasteiger partial charge in [0.1, 0.15) is 11.5 Å². The number of hydrogen-bond donors (Lipinski definition) is 1. The van der Waals surface area contributed by atoms with E-state index in [1.807, 2.05) is 0 Å². The zero-order valence-electron chi connectivity index (χ0n) is 8.98. The fraction of sp³-hybridized carbons (Fsp3) is 0.0769. The lowest BCUT2D eigenvalue weighted by molar-refractivity contribution is 0.0957. The van der Waals surface area contributed by atoms with E-state index in [1.54, 1.807) is 13.0 Å². The van der Waals surface area contributed by atoms with Gasteiger partial charge in [0, 0.05) is 5.56 Å². The van der Waals surface area contributed by atoms with E-state index in [-0.39, 0.29) is 34.0 Å². The highest BCUT2D eigenvalue weighted by Gasteiger charge is 2.34. The van der Waals surface area contributed by atoms with E-state index in [0.717, 1.165) is 0 Å². The Labute approximate surface area is 96.5 Å². The smallest absolute Gasteiger partial charge is 0.233 e. The second-order valence-corrected chi connectivity index (χ2v) is 3.96. The van der Waals surface area contributed by atoms with Crippen LogP contribution in [-0.4, -0.2) is 16.7 Å². The Morgan fingerprint density at radius 1 is 1.12 bits per heavy atom. The van der Waals surface area contributed by atoms with Crippen LogP contribution in [0.15, 0.2) is 28.7 Å². The number of carbonyl (C=O) groups excluding carboxylic acids is 2. The molecule has 0 fully saturated rings. The van der Waals surface area contributed by atoms with Crippen LogP contribution in [-0.2, 0) is 0 Å². The normalized spacial score (nSPS) is 13.5. The molecule has 0 atom stereocenters. The molecule has 0 aliphatic heterocycles. The molecule has 1 aliphatic carbocycles. The number of furan rings is 1. The first-order valence-electron chi connectivity index (χ1n) is 5.11. The molecule has 1 aromatic carbocycles. The quantitative estimate of drug-likeness (QED) is 0.639. The number of ketones is 2. The summed E-state index contributed by atoms with van der Waals surface area (Å²) >= 11 is 0. The number of aromatic hydroxyl groups is 1. The van der Waals surface area contributed by atoms with E-state index in [9.17, 15) is 14.7 Å². The largest absolute Gasteiger partial charge is 0.507 e. The van der Waals surface area contributed by atoms with Crippen molar-refractivity contribution in [3.05, 3.63) is 52.5 Å². The summed E-state index contributed by atoms with van der Waals surface area (Å²) in [5.41, 5.74) is 0.522. The Morgan fingerprint density at radius 3 is 2.65 bits per heavy atom. The van der Waals surface area contributed by atoms with Crippen molar-refractivity contribution in [1.29, 1.82) is 0 Å². The highest BCUT2D eigenvalue weighted by atomic mass is 16.3. The van der Waals surface area contributed by atoms with Crippen LogP contribution < -0.4 is 0 Å². The first kappa shape index (κ1) is 9.84. The highest BCUT2D eigenvalue weighted by molar-refractivity contribution is 6.28. The van der Waals surface area contributed by atoms with Gasteiger partial charge in [-0.05, 0) is 19.1 Å². The Balaban J connectivity index is 2.36.